The topological polar surface area (TPSA) is 71.4 Å². The van der Waals surface area contributed by atoms with E-state index in [-0.39, 0.29) is 6.04 Å². The normalized spacial score (nSPS) is 12.6. The zero-order valence-corrected chi connectivity index (χ0v) is 13.7. The summed E-state index contributed by atoms with van der Waals surface area (Å²) < 4.78 is 1.71. The molecule has 4 rings (SSSR count). The molecule has 4 aromatic rings. The average Bonchev–Trinajstić information content (AvgIpc) is 3.23. The number of para-hydroxylation sites is 1. The maximum Gasteiger partial charge on any atom is 0.179 e. The van der Waals surface area contributed by atoms with Crippen LogP contribution in [0.3, 0.4) is 0 Å². The van der Waals surface area contributed by atoms with Gasteiger partial charge in [0.15, 0.2) is 5.82 Å². The van der Waals surface area contributed by atoms with E-state index in [1.54, 1.807) is 4.68 Å². The summed E-state index contributed by atoms with van der Waals surface area (Å²) in [5.41, 5.74) is 2.94. The van der Waals surface area contributed by atoms with Gasteiger partial charge < -0.3 is 10.3 Å². The molecule has 2 aromatic carbocycles. The van der Waals surface area contributed by atoms with E-state index in [0.717, 1.165) is 22.3 Å². The van der Waals surface area contributed by atoms with Crippen LogP contribution in [0.15, 0.2) is 54.6 Å². The predicted molar refractivity (Wildman–Crippen MR) is 93.4 cm³/mol. The molecule has 0 saturated carbocycles. The van der Waals surface area contributed by atoms with Crippen LogP contribution in [0.2, 0.25) is 5.02 Å². The lowest BCUT2D eigenvalue weighted by molar-refractivity contribution is 0.610. The van der Waals surface area contributed by atoms with Gasteiger partial charge in [-0.25, -0.2) is 0 Å². The summed E-state index contributed by atoms with van der Waals surface area (Å²) in [7, 11) is 1.89. The highest BCUT2D eigenvalue weighted by atomic mass is 35.5. The number of nitrogens with one attached hydrogen (secondary N) is 2. The summed E-state index contributed by atoms with van der Waals surface area (Å²) in [5, 5.41) is 17.3. The molecule has 24 heavy (non-hydrogen) atoms. The molecular weight excluding hydrogens is 324 g/mol. The van der Waals surface area contributed by atoms with Crippen molar-refractivity contribution in [1.29, 1.82) is 0 Å². The second-order valence-corrected chi connectivity index (χ2v) is 5.90. The number of benzene rings is 2. The molecule has 0 aliphatic heterocycles. The number of H-pyrrole nitrogens is 1. The highest BCUT2D eigenvalue weighted by molar-refractivity contribution is 6.30. The van der Waals surface area contributed by atoms with Crippen LogP contribution in [-0.2, 0) is 0 Å². The minimum atomic E-state index is -0.164. The Morgan fingerprint density at radius 1 is 1.12 bits per heavy atom. The van der Waals surface area contributed by atoms with Crippen LogP contribution in [0.4, 0.5) is 0 Å². The molecule has 0 saturated heterocycles. The van der Waals surface area contributed by atoms with Crippen LogP contribution in [-0.4, -0.2) is 32.2 Å². The van der Waals surface area contributed by atoms with Gasteiger partial charge in [0.25, 0.3) is 0 Å². The average molecular weight is 339 g/mol. The Bertz CT molecular complexity index is 939. The van der Waals surface area contributed by atoms with Gasteiger partial charge in [0.05, 0.1) is 5.69 Å². The summed E-state index contributed by atoms with van der Waals surface area (Å²) in [6.07, 6.45) is 0. The molecule has 7 heteroatoms. The maximum absolute atomic E-state index is 5.97. The van der Waals surface area contributed by atoms with Crippen LogP contribution in [0.5, 0.6) is 0 Å². The first-order valence-corrected chi connectivity index (χ1v) is 7.93. The van der Waals surface area contributed by atoms with Crippen molar-refractivity contribution < 1.29 is 0 Å². The first-order valence-electron chi connectivity index (χ1n) is 7.55. The number of tetrazole rings is 1. The number of rotatable bonds is 4. The van der Waals surface area contributed by atoms with Crippen molar-refractivity contribution >= 4 is 22.5 Å². The molecule has 2 N–H and O–H groups in total. The first kappa shape index (κ1) is 14.9. The SMILES string of the molecule is CN[C@H](c1cc2ccccc2[nH]1)c1nnnn1-c1ccc(Cl)cc1. The van der Waals surface area contributed by atoms with Gasteiger partial charge in [-0.1, -0.05) is 29.8 Å². The summed E-state index contributed by atoms with van der Waals surface area (Å²) in [6.45, 7) is 0. The van der Waals surface area contributed by atoms with Crippen LogP contribution in [0.1, 0.15) is 17.6 Å². The highest BCUT2D eigenvalue weighted by Crippen LogP contribution is 2.25. The second kappa shape index (κ2) is 6.07. The number of aromatic amines is 1. The van der Waals surface area contributed by atoms with E-state index >= 15 is 0 Å². The van der Waals surface area contributed by atoms with Crippen LogP contribution in [0.25, 0.3) is 16.6 Å². The lowest BCUT2D eigenvalue weighted by Crippen LogP contribution is -2.22. The summed E-state index contributed by atoms with van der Waals surface area (Å²) >= 11 is 5.97. The van der Waals surface area contributed by atoms with Crippen molar-refractivity contribution in [3.8, 4) is 5.69 Å². The third-order valence-electron chi connectivity index (χ3n) is 3.97. The van der Waals surface area contributed by atoms with Gasteiger partial charge in [0, 0.05) is 16.2 Å². The number of aromatic nitrogens is 5. The largest absolute Gasteiger partial charge is 0.357 e. The fraction of sp³-hybridized carbons (Fsp3) is 0.118. The van der Waals surface area contributed by atoms with Gasteiger partial charge in [-0.2, -0.15) is 4.68 Å². The summed E-state index contributed by atoms with van der Waals surface area (Å²) in [5.74, 6) is 0.700. The number of nitrogens with zero attached hydrogens (tertiary/aromatic N) is 4. The van der Waals surface area contributed by atoms with Gasteiger partial charge in [-0.3, -0.25) is 0 Å². The van der Waals surface area contributed by atoms with Crippen molar-refractivity contribution in [2.75, 3.05) is 7.05 Å². The molecular formula is C17H15ClN6. The third kappa shape index (κ3) is 2.55. The Morgan fingerprint density at radius 2 is 1.92 bits per heavy atom. The number of hydrogen-bond acceptors (Lipinski definition) is 4. The molecule has 0 aliphatic rings. The smallest absolute Gasteiger partial charge is 0.179 e. The van der Waals surface area contributed by atoms with Crippen molar-refractivity contribution in [2.45, 2.75) is 6.04 Å². The fourth-order valence-corrected chi connectivity index (χ4v) is 2.94. The number of fused-ring (bicyclic) bond motifs is 1. The molecule has 0 fully saturated rings. The molecule has 6 nitrogen and oxygen atoms in total. The molecule has 120 valence electrons. The summed E-state index contributed by atoms with van der Waals surface area (Å²) in [4.78, 5) is 3.43. The number of hydrogen-bond donors (Lipinski definition) is 2. The van der Waals surface area contributed by atoms with E-state index in [9.17, 15) is 0 Å². The Morgan fingerprint density at radius 3 is 2.67 bits per heavy atom. The maximum atomic E-state index is 5.97. The van der Waals surface area contributed by atoms with Gasteiger partial charge >= 0.3 is 0 Å². The Balaban J connectivity index is 1.79. The molecule has 0 spiro atoms. The van der Waals surface area contributed by atoms with Crippen LogP contribution >= 0.6 is 11.6 Å². The molecule has 2 heterocycles. The van der Waals surface area contributed by atoms with E-state index < -0.39 is 0 Å². The van der Waals surface area contributed by atoms with E-state index in [2.05, 4.69) is 38.0 Å². The Hall–Kier alpha value is -2.70. The van der Waals surface area contributed by atoms with E-state index in [4.69, 9.17) is 11.6 Å². The molecule has 0 radical (unpaired) electrons. The monoisotopic (exact) mass is 338 g/mol. The highest BCUT2D eigenvalue weighted by Gasteiger charge is 2.22. The second-order valence-electron chi connectivity index (χ2n) is 5.46. The van der Waals surface area contributed by atoms with Crippen molar-refractivity contribution in [1.82, 2.24) is 30.5 Å². The van der Waals surface area contributed by atoms with Gasteiger partial charge in [-0.05, 0) is 59.3 Å². The zero-order valence-electron chi connectivity index (χ0n) is 12.9. The lowest BCUT2D eigenvalue weighted by Gasteiger charge is -2.14. The summed E-state index contributed by atoms with van der Waals surface area (Å²) in [6, 6.07) is 17.5. The Labute approximate surface area is 143 Å². The minimum Gasteiger partial charge on any atom is -0.357 e. The van der Waals surface area contributed by atoms with Crippen LogP contribution in [0, 0.1) is 0 Å². The van der Waals surface area contributed by atoms with Crippen molar-refractivity contribution in [2.24, 2.45) is 0 Å². The molecule has 0 amide bonds. The van der Waals surface area contributed by atoms with E-state index in [1.165, 1.54) is 0 Å². The van der Waals surface area contributed by atoms with Gasteiger partial charge in [0.1, 0.15) is 6.04 Å². The first-order chi connectivity index (χ1) is 11.8. The fourth-order valence-electron chi connectivity index (χ4n) is 2.82. The zero-order chi connectivity index (χ0) is 16.5. The quantitative estimate of drug-likeness (QED) is 0.600. The minimum absolute atomic E-state index is 0.164. The molecule has 0 bridgehead atoms. The molecule has 2 aromatic heterocycles. The van der Waals surface area contributed by atoms with Gasteiger partial charge in [-0.15, -0.1) is 5.10 Å². The predicted octanol–water partition coefficient (Wildman–Crippen LogP) is 3.11. The van der Waals surface area contributed by atoms with E-state index in [0.29, 0.717) is 10.8 Å². The molecule has 0 unspecified atom stereocenters. The van der Waals surface area contributed by atoms with Crippen molar-refractivity contribution in [3.05, 3.63) is 71.1 Å². The van der Waals surface area contributed by atoms with E-state index in [1.807, 2.05) is 49.5 Å². The van der Waals surface area contributed by atoms with Crippen molar-refractivity contribution in [3.63, 3.8) is 0 Å². The molecule has 1 atom stereocenters. The third-order valence-corrected chi connectivity index (χ3v) is 4.23. The van der Waals surface area contributed by atoms with Crippen LogP contribution < -0.4 is 5.32 Å². The lowest BCUT2D eigenvalue weighted by atomic mass is 10.1. The number of halogens is 1. The van der Waals surface area contributed by atoms with Gasteiger partial charge in [0.2, 0.25) is 0 Å². The Kier molecular flexibility index (Phi) is 3.76. The standard InChI is InChI=1S/C17H15ClN6/c1-19-16(15-10-11-4-2-3-5-14(11)20-15)17-21-22-23-24(17)13-8-6-12(18)7-9-13/h2-10,16,19-20H,1H3/t16-/m1/s1. The molecule has 0 aliphatic carbocycles.